The molecule has 1 heterocycles. The Morgan fingerprint density at radius 3 is 2.25 bits per heavy atom. The fourth-order valence-electron chi connectivity index (χ4n) is 2.38. The number of anilines is 1. The van der Waals surface area contributed by atoms with Crippen molar-refractivity contribution in [3.8, 4) is 11.8 Å². The number of nitrogens with one attached hydrogen (secondary N) is 1. The van der Waals surface area contributed by atoms with E-state index in [0.717, 1.165) is 0 Å². The zero-order chi connectivity index (χ0) is 24.4. The van der Waals surface area contributed by atoms with Crippen LogP contribution in [0.25, 0.3) is 5.69 Å². The number of hydrogen-bond acceptors (Lipinski definition) is 6. The van der Waals surface area contributed by atoms with Gasteiger partial charge in [0.2, 0.25) is 0 Å². The highest BCUT2D eigenvalue weighted by Crippen LogP contribution is 2.41. The highest BCUT2D eigenvalue weighted by Gasteiger charge is 2.43. The number of carbonyl (C=O) groups excluding carboxylic acids is 1. The molecule has 2 aromatic rings. The Kier molecular flexibility index (Phi) is 7.69. The number of halogens is 8. The van der Waals surface area contributed by atoms with Gasteiger partial charge in [0, 0.05) is 0 Å². The number of benzene rings is 1. The Bertz CT molecular complexity index is 1090. The first kappa shape index (κ1) is 25.8. The van der Waals surface area contributed by atoms with Crippen LogP contribution in [0, 0.1) is 11.3 Å². The van der Waals surface area contributed by atoms with Gasteiger partial charge in [0.15, 0.2) is 16.5 Å². The Morgan fingerprint density at radius 2 is 1.81 bits per heavy atom. The summed E-state index contributed by atoms with van der Waals surface area (Å²) in [6.45, 7) is 0.630. The number of esters is 1. The van der Waals surface area contributed by atoms with Gasteiger partial charge in [-0.1, -0.05) is 23.2 Å². The largest absolute Gasteiger partial charge is 0.476 e. The lowest BCUT2D eigenvalue weighted by atomic mass is 10.2. The number of carbonyl (C=O) groups is 1. The van der Waals surface area contributed by atoms with Crippen LogP contribution in [0.3, 0.4) is 0 Å². The second-order valence-electron chi connectivity index (χ2n) is 5.71. The summed E-state index contributed by atoms with van der Waals surface area (Å²) in [4.78, 5) is 10.5. The minimum absolute atomic E-state index is 0.0683. The molecule has 16 heteroatoms. The maximum Gasteiger partial charge on any atom is 0.476 e. The van der Waals surface area contributed by atoms with Gasteiger partial charge in [-0.15, -0.1) is 0 Å². The van der Waals surface area contributed by atoms with E-state index in [2.05, 4.69) is 15.2 Å². The molecule has 1 aromatic heterocycles. The van der Waals surface area contributed by atoms with Gasteiger partial charge in [0.05, 0.1) is 22.2 Å². The highest BCUT2D eigenvalue weighted by molar-refractivity contribution is 7.86. The predicted octanol–water partition coefficient (Wildman–Crippen LogP) is 4.67. The van der Waals surface area contributed by atoms with Crippen LogP contribution in [0.15, 0.2) is 17.0 Å². The number of nitrogens with zero attached hydrogens (tertiary/aromatic N) is 3. The van der Waals surface area contributed by atoms with E-state index in [9.17, 15) is 40.6 Å². The fraction of sp³-hybridized carbons (Fsp3) is 0.312. The zero-order valence-electron chi connectivity index (χ0n) is 15.6. The molecule has 0 radical (unpaired) electrons. The van der Waals surface area contributed by atoms with Crippen molar-refractivity contribution in [2.75, 3.05) is 18.5 Å². The van der Waals surface area contributed by atoms with Crippen molar-refractivity contribution in [3.05, 3.63) is 33.4 Å². The van der Waals surface area contributed by atoms with E-state index in [4.69, 9.17) is 23.2 Å². The van der Waals surface area contributed by atoms with E-state index in [1.165, 1.54) is 13.0 Å². The maximum atomic E-state index is 13.2. The average Bonchev–Trinajstić information content (AvgIpc) is 3.01. The van der Waals surface area contributed by atoms with E-state index in [1.54, 1.807) is 0 Å². The quantitative estimate of drug-likeness (QED) is 0.437. The van der Waals surface area contributed by atoms with Crippen molar-refractivity contribution in [1.29, 1.82) is 5.26 Å². The topological polar surface area (TPSA) is 97.0 Å². The Morgan fingerprint density at radius 1 is 1.25 bits per heavy atom. The Balaban J connectivity index is 2.78. The van der Waals surface area contributed by atoms with Crippen LogP contribution < -0.4 is 5.32 Å². The second-order valence-corrected chi connectivity index (χ2v) is 7.93. The summed E-state index contributed by atoms with van der Waals surface area (Å²) in [6, 6.07) is 2.19. The van der Waals surface area contributed by atoms with Crippen molar-refractivity contribution in [2.45, 2.75) is 23.5 Å². The van der Waals surface area contributed by atoms with Crippen LogP contribution in [0.4, 0.5) is 32.2 Å². The Hall–Kier alpha value is -2.50. The molecule has 0 saturated carbocycles. The van der Waals surface area contributed by atoms with E-state index in [0.29, 0.717) is 16.8 Å². The monoisotopic (exact) mass is 522 g/mol. The lowest BCUT2D eigenvalue weighted by Crippen LogP contribution is -2.22. The third kappa shape index (κ3) is 5.45. The minimum Gasteiger partial charge on any atom is -0.465 e. The SMILES string of the molecule is CCOC(=O)CNc1c(S(=O)C(F)(F)F)c(C#N)nn1-c1c(Cl)cc(C(F)(F)F)cc1Cl. The molecule has 174 valence electrons. The molecular formula is C16H10Cl2F6N4O3S. The molecule has 0 aliphatic rings. The first-order valence-electron chi connectivity index (χ1n) is 8.20. The number of ether oxygens (including phenoxy) is 1. The molecule has 2 rings (SSSR count). The number of hydrogen-bond donors (Lipinski definition) is 1. The van der Waals surface area contributed by atoms with E-state index >= 15 is 0 Å². The van der Waals surface area contributed by atoms with Gasteiger partial charge in [-0.2, -0.15) is 36.7 Å². The number of aromatic nitrogens is 2. The van der Waals surface area contributed by atoms with Gasteiger partial charge in [-0.05, 0) is 19.1 Å². The van der Waals surface area contributed by atoms with Gasteiger partial charge < -0.3 is 10.1 Å². The van der Waals surface area contributed by atoms with Crippen molar-refractivity contribution < 1.29 is 40.1 Å². The average molecular weight is 523 g/mol. The summed E-state index contributed by atoms with van der Waals surface area (Å²) in [5, 5.41) is 13.6. The van der Waals surface area contributed by atoms with Crippen LogP contribution in [0.2, 0.25) is 10.0 Å². The van der Waals surface area contributed by atoms with Gasteiger partial charge >= 0.3 is 17.7 Å². The van der Waals surface area contributed by atoms with E-state index < -0.39 is 72.7 Å². The summed E-state index contributed by atoms with van der Waals surface area (Å²) >= 11 is 11.8. The van der Waals surface area contributed by atoms with Crippen molar-refractivity contribution in [2.24, 2.45) is 0 Å². The van der Waals surface area contributed by atoms with Gasteiger partial charge in [-0.25, -0.2) is 8.89 Å². The summed E-state index contributed by atoms with van der Waals surface area (Å²) in [5.74, 6) is -1.74. The van der Waals surface area contributed by atoms with Gasteiger partial charge in [0.25, 0.3) is 0 Å². The molecular weight excluding hydrogens is 513 g/mol. The molecule has 0 fully saturated rings. The van der Waals surface area contributed by atoms with Crippen molar-refractivity contribution in [3.63, 3.8) is 0 Å². The molecule has 0 saturated heterocycles. The molecule has 0 aliphatic carbocycles. The molecule has 32 heavy (non-hydrogen) atoms. The third-order valence-electron chi connectivity index (χ3n) is 3.60. The van der Waals surface area contributed by atoms with Crippen molar-refractivity contribution in [1.82, 2.24) is 9.78 Å². The van der Waals surface area contributed by atoms with Crippen LogP contribution in [0.1, 0.15) is 18.2 Å². The van der Waals surface area contributed by atoms with Gasteiger partial charge in [0.1, 0.15) is 29.0 Å². The molecule has 0 amide bonds. The van der Waals surface area contributed by atoms with Crippen LogP contribution in [-0.2, 0) is 26.5 Å². The molecule has 0 spiro atoms. The standard InChI is InChI=1S/C16H10Cl2F6N4O3S/c1-2-31-11(29)6-26-14-13(32(30)16(22,23)24)10(5-25)27-28(14)12-8(17)3-7(4-9(12)18)15(19,20)21/h3-4,26H,2,6H2,1H3. The summed E-state index contributed by atoms with van der Waals surface area (Å²) in [5.41, 5.74) is -8.13. The molecule has 1 aromatic carbocycles. The van der Waals surface area contributed by atoms with Crippen LogP contribution in [-0.4, -0.2) is 38.6 Å². The van der Waals surface area contributed by atoms with Crippen LogP contribution in [0.5, 0.6) is 0 Å². The first-order chi connectivity index (χ1) is 14.7. The molecule has 1 N–H and O–H groups in total. The number of rotatable bonds is 6. The highest BCUT2D eigenvalue weighted by atomic mass is 35.5. The number of nitriles is 1. The summed E-state index contributed by atoms with van der Waals surface area (Å²) in [7, 11) is -3.81. The van der Waals surface area contributed by atoms with Crippen LogP contribution >= 0.6 is 23.2 Å². The lowest BCUT2D eigenvalue weighted by Gasteiger charge is -2.16. The molecule has 1 atom stereocenters. The maximum absolute atomic E-state index is 13.2. The van der Waals surface area contributed by atoms with Gasteiger partial charge in [-0.3, -0.25) is 4.79 Å². The molecule has 7 nitrogen and oxygen atoms in total. The summed E-state index contributed by atoms with van der Waals surface area (Å²) < 4.78 is 95.6. The summed E-state index contributed by atoms with van der Waals surface area (Å²) in [6.07, 6.45) is -4.85. The predicted molar refractivity (Wildman–Crippen MR) is 101 cm³/mol. The van der Waals surface area contributed by atoms with E-state index in [-0.39, 0.29) is 6.61 Å². The van der Waals surface area contributed by atoms with Crippen molar-refractivity contribution >= 4 is 45.8 Å². The normalized spacial score (nSPS) is 12.9. The second kappa shape index (κ2) is 9.55. The zero-order valence-corrected chi connectivity index (χ0v) is 17.9. The smallest absolute Gasteiger partial charge is 0.465 e. The molecule has 0 bridgehead atoms. The molecule has 0 aliphatic heterocycles. The minimum atomic E-state index is -5.34. The first-order valence-corrected chi connectivity index (χ1v) is 10.1. The number of alkyl halides is 6. The van der Waals surface area contributed by atoms with E-state index in [1.807, 2.05) is 0 Å². The molecule has 1 unspecified atom stereocenters. The fourth-order valence-corrected chi connectivity index (χ4v) is 3.86. The lowest BCUT2D eigenvalue weighted by molar-refractivity contribution is -0.141. The Labute approximate surface area is 188 Å². The third-order valence-corrected chi connectivity index (χ3v) is 5.36.